The van der Waals surface area contributed by atoms with Gasteiger partial charge in [-0.3, -0.25) is 0 Å². The molecular weight excluding hydrogens is 258 g/mol. The van der Waals surface area contributed by atoms with Crippen LogP contribution in [0.5, 0.6) is 0 Å². The number of urea groups is 1. The summed E-state index contributed by atoms with van der Waals surface area (Å²) in [7, 11) is 5.43. The minimum absolute atomic E-state index is 0.0197. The van der Waals surface area contributed by atoms with E-state index in [-0.39, 0.29) is 12.1 Å². The zero-order valence-corrected chi connectivity index (χ0v) is 13.5. The Hall–Kier alpha value is -1.30. The Balaban J connectivity index is 4.68. The number of carbonyl (C=O) groups is 2. The first-order valence-corrected chi connectivity index (χ1v) is 7.09. The standard InChI is InChI=1S/C14H29N3O3/c1-7-12(13(18)19)17(6)14(20)15-11(8-10(2)3)9-16(4)5/h10-12H,7-9H2,1-6H3,(H,15,20)(H,18,19). The van der Waals surface area contributed by atoms with Crippen molar-refractivity contribution in [3.8, 4) is 0 Å². The van der Waals surface area contributed by atoms with Crippen LogP contribution in [0.15, 0.2) is 0 Å². The molecule has 0 spiro atoms. The SMILES string of the molecule is CCC(C(=O)O)N(C)C(=O)NC(CC(C)C)CN(C)C. The molecule has 6 heteroatoms. The highest BCUT2D eigenvalue weighted by molar-refractivity contribution is 5.82. The number of carboxylic acids is 1. The Morgan fingerprint density at radius 3 is 2.10 bits per heavy atom. The fourth-order valence-corrected chi connectivity index (χ4v) is 2.22. The van der Waals surface area contributed by atoms with Gasteiger partial charge >= 0.3 is 12.0 Å². The smallest absolute Gasteiger partial charge is 0.326 e. The van der Waals surface area contributed by atoms with Crippen LogP contribution in [0.2, 0.25) is 0 Å². The number of nitrogens with one attached hydrogen (secondary N) is 1. The fraction of sp³-hybridized carbons (Fsp3) is 0.857. The number of rotatable bonds is 8. The second-order valence-corrected chi connectivity index (χ2v) is 5.91. The largest absolute Gasteiger partial charge is 0.480 e. The topological polar surface area (TPSA) is 72.9 Å². The minimum Gasteiger partial charge on any atom is -0.480 e. The van der Waals surface area contributed by atoms with E-state index in [1.54, 1.807) is 6.92 Å². The van der Waals surface area contributed by atoms with Crippen molar-refractivity contribution < 1.29 is 14.7 Å². The van der Waals surface area contributed by atoms with Gasteiger partial charge in [-0.25, -0.2) is 9.59 Å². The molecule has 0 aromatic rings. The quantitative estimate of drug-likeness (QED) is 0.709. The van der Waals surface area contributed by atoms with Gasteiger partial charge in [0, 0.05) is 19.6 Å². The average Bonchev–Trinajstić information content (AvgIpc) is 2.26. The van der Waals surface area contributed by atoms with Gasteiger partial charge in [-0.05, 0) is 32.9 Å². The molecule has 0 heterocycles. The molecule has 0 radical (unpaired) electrons. The molecular formula is C14H29N3O3. The van der Waals surface area contributed by atoms with Crippen LogP contribution in [0, 0.1) is 5.92 Å². The Bertz CT molecular complexity index is 309. The summed E-state index contributed by atoms with van der Waals surface area (Å²) in [6.07, 6.45) is 1.25. The van der Waals surface area contributed by atoms with E-state index in [9.17, 15) is 9.59 Å². The highest BCUT2D eigenvalue weighted by atomic mass is 16.4. The fourth-order valence-electron chi connectivity index (χ4n) is 2.22. The zero-order chi connectivity index (χ0) is 15.9. The minimum atomic E-state index is -0.974. The molecule has 118 valence electrons. The van der Waals surface area contributed by atoms with Crippen molar-refractivity contribution in [1.29, 1.82) is 0 Å². The summed E-state index contributed by atoms with van der Waals surface area (Å²) >= 11 is 0. The van der Waals surface area contributed by atoms with E-state index in [0.29, 0.717) is 12.3 Å². The molecule has 20 heavy (non-hydrogen) atoms. The highest BCUT2D eigenvalue weighted by Gasteiger charge is 2.26. The molecule has 0 aromatic heterocycles. The second-order valence-electron chi connectivity index (χ2n) is 5.91. The van der Waals surface area contributed by atoms with Gasteiger partial charge in [-0.1, -0.05) is 20.8 Å². The Labute approximate surface area is 122 Å². The summed E-state index contributed by atoms with van der Waals surface area (Å²) in [5.74, 6) is -0.509. The average molecular weight is 287 g/mol. The number of likely N-dealkylation sites (N-methyl/N-ethyl adjacent to an activating group) is 2. The molecule has 0 bridgehead atoms. The van der Waals surface area contributed by atoms with Crippen molar-refractivity contribution in [1.82, 2.24) is 15.1 Å². The van der Waals surface area contributed by atoms with Crippen molar-refractivity contribution in [2.24, 2.45) is 5.92 Å². The van der Waals surface area contributed by atoms with Gasteiger partial charge in [-0.15, -0.1) is 0 Å². The predicted molar refractivity (Wildman–Crippen MR) is 79.8 cm³/mol. The van der Waals surface area contributed by atoms with E-state index in [1.807, 2.05) is 19.0 Å². The van der Waals surface area contributed by atoms with Gasteiger partial charge in [0.1, 0.15) is 6.04 Å². The van der Waals surface area contributed by atoms with E-state index in [4.69, 9.17) is 5.11 Å². The maximum Gasteiger partial charge on any atom is 0.326 e. The lowest BCUT2D eigenvalue weighted by molar-refractivity contribution is -0.141. The Kier molecular flexibility index (Phi) is 8.22. The van der Waals surface area contributed by atoms with Crippen molar-refractivity contribution >= 4 is 12.0 Å². The van der Waals surface area contributed by atoms with Crippen LogP contribution >= 0.6 is 0 Å². The van der Waals surface area contributed by atoms with Crippen molar-refractivity contribution in [2.75, 3.05) is 27.7 Å². The first-order chi connectivity index (χ1) is 9.18. The van der Waals surface area contributed by atoms with Crippen LogP contribution in [-0.2, 0) is 4.79 Å². The third-order valence-electron chi connectivity index (χ3n) is 3.13. The lowest BCUT2D eigenvalue weighted by atomic mass is 10.0. The lowest BCUT2D eigenvalue weighted by Crippen LogP contribution is -2.52. The monoisotopic (exact) mass is 287 g/mol. The molecule has 0 aliphatic rings. The molecule has 6 nitrogen and oxygen atoms in total. The third kappa shape index (κ3) is 6.75. The molecule has 2 unspecified atom stereocenters. The molecule has 0 aliphatic carbocycles. The maximum atomic E-state index is 12.2. The summed E-state index contributed by atoms with van der Waals surface area (Å²) in [5.41, 5.74) is 0. The summed E-state index contributed by atoms with van der Waals surface area (Å²) in [5, 5.41) is 12.0. The van der Waals surface area contributed by atoms with E-state index in [1.165, 1.54) is 11.9 Å². The van der Waals surface area contributed by atoms with E-state index in [2.05, 4.69) is 19.2 Å². The van der Waals surface area contributed by atoms with Gasteiger partial charge in [0.15, 0.2) is 0 Å². The lowest BCUT2D eigenvalue weighted by Gasteiger charge is -2.29. The normalized spacial score (nSPS) is 14.2. The molecule has 0 saturated carbocycles. The molecule has 0 aromatic carbocycles. The van der Waals surface area contributed by atoms with Gasteiger partial charge < -0.3 is 20.2 Å². The van der Waals surface area contributed by atoms with Crippen molar-refractivity contribution in [3.05, 3.63) is 0 Å². The Morgan fingerprint density at radius 1 is 1.20 bits per heavy atom. The van der Waals surface area contributed by atoms with Crippen LogP contribution in [0.25, 0.3) is 0 Å². The van der Waals surface area contributed by atoms with Gasteiger partial charge in [0.2, 0.25) is 0 Å². The maximum absolute atomic E-state index is 12.2. The van der Waals surface area contributed by atoms with Crippen molar-refractivity contribution in [2.45, 2.75) is 45.7 Å². The number of hydrogen-bond donors (Lipinski definition) is 2. The molecule has 2 N–H and O–H groups in total. The third-order valence-corrected chi connectivity index (χ3v) is 3.13. The number of hydrogen-bond acceptors (Lipinski definition) is 3. The number of aliphatic carboxylic acids is 1. The van der Waals surface area contributed by atoms with Crippen LogP contribution in [0.4, 0.5) is 4.79 Å². The van der Waals surface area contributed by atoms with Crippen LogP contribution < -0.4 is 5.32 Å². The first-order valence-electron chi connectivity index (χ1n) is 7.09. The van der Waals surface area contributed by atoms with E-state index >= 15 is 0 Å². The molecule has 0 rings (SSSR count). The zero-order valence-electron chi connectivity index (χ0n) is 13.5. The number of nitrogens with zero attached hydrogens (tertiary/aromatic N) is 2. The van der Waals surface area contributed by atoms with Crippen LogP contribution in [0.1, 0.15) is 33.6 Å². The van der Waals surface area contributed by atoms with E-state index < -0.39 is 12.0 Å². The second kappa shape index (κ2) is 8.79. The molecule has 0 fully saturated rings. The van der Waals surface area contributed by atoms with Gasteiger partial charge in [-0.2, -0.15) is 0 Å². The summed E-state index contributed by atoms with van der Waals surface area (Å²) < 4.78 is 0. The number of carbonyl (C=O) groups excluding carboxylic acids is 1. The molecule has 0 saturated heterocycles. The highest BCUT2D eigenvalue weighted by Crippen LogP contribution is 2.08. The summed E-state index contributed by atoms with van der Waals surface area (Å²) in [6.45, 7) is 6.70. The molecule has 0 aliphatic heterocycles. The molecule has 2 amide bonds. The van der Waals surface area contributed by atoms with Gasteiger partial charge in [0.25, 0.3) is 0 Å². The Morgan fingerprint density at radius 2 is 1.75 bits per heavy atom. The summed E-state index contributed by atoms with van der Waals surface area (Å²) in [4.78, 5) is 26.5. The number of amides is 2. The molecule has 2 atom stereocenters. The first kappa shape index (κ1) is 18.7. The van der Waals surface area contributed by atoms with E-state index in [0.717, 1.165) is 13.0 Å². The van der Waals surface area contributed by atoms with Crippen LogP contribution in [-0.4, -0.2) is 66.7 Å². The predicted octanol–water partition coefficient (Wildman–Crippen LogP) is 1.47. The van der Waals surface area contributed by atoms with Crippen LogP contribution in [0.3, 0.4) is 0 Å². The van der Waals surface area contributed by atoms with Gasteiger partial charge in [0.05, 0.1) is 0 Å². The number of carboxylic acid groups (broad SMARTS) is 1. The van der Waals surface area contributed by atoms with Crippen molar-refractivity contribution in [3.63, 3.8) is 0 Å². The summed E-state index contributed by atoms with van der Waals surface area (Å²) in [6, 6.07) is -1.09.